The van der Waals surface area contributed by atoms with Gasteiger partial charge in [-0.05, 0) is 62.4 Å². The number of hydrogen-bond acceptors (Lipinski definition) is 4. The molecule has 146 valence electrons. The Balaban J connectivity index is 2.09. The second kappa shape index (κ2) is 9.06. The summed E-state index contributed by atoms with van der Waals surface area (Å²) in [6.45, 7) is 4.33. The van der Waals surface area contributed by atoms with Gasteiger partial charge in [-0.15, -0.1) is 0 Å². The zero-order chi connectivity index (χ0) is 20.1. The molecule has 2 aromatic carbocycles. The van der Waals surface area contributed by atoms with Crippen molar-refractivity contribution in [2.75, 3.05) is 26.6 Å². The summed E-state index contributed by atoms with van der Waals surface area (Å²) < 4.78 is 23.9. The molecule has 0 radical (unpaired) electrons. The number of benzene rings is 2. The standard InChI is InChI=1S/C20H24ClFN2O3/c1-12-8-18(26-4)19(27-5)9-14(12)11-24(3)13(2)20(25)23-15-6-7-17(22)16(21)10-15/h6-10,13H,11H2,1-5H3,(H,23,25)/t13-/m0/s1. The molecule has 0 heterocycles. The van der Waals surface area contributed by atoms with Crippen molar-refractivity contribution in [2.24, 2.45) is 0 Å². The Kier molecular flexibility index (Phi) is 7.05. The summed E-state index contributed by atoms with van der Waals surface area (Å²) in [6.07, 6.45) is 0. The summed E-state index contributed by atoms with van der Waals surface area (Å²) in [7, 11) is 5.04. The van der Waals surface area contributed by atoms with Crippen molar-refractivity contribution < 1.29 is 18.7 Å². The van der Waals surface area contributed by atoms with Crippen molar-refractivity contribution in [3.8, 4) is 11.5 Å². The number of likely N-dealkylation sites (N-methyl/N-ethyl adjacent to an activating group) is 1. The predicted octanol–water partition coefficient (Wildman–Crippen LogP) is 4.26. The third-order valence-electron chi connectivity index (χ3n) is 4.49. The normalized spacial score (nSPS) is 12.0. The first-order chi connectivity index (χ1) is 12.8. The number of amides is 1. The average Bonchev–Trinajstić information content (AvgIpc) is 2.65. The maximum atomic E-state index is 13.2. The van der Waals surface area contributed by atoms with Gasteiger partial charge in [-0.2, -0.15) is 0 Å². The minimum absolute atomic E-state index is 0.0326. The van der Waals surface area contributed by atoms with E-state index in [0.717, 1.165) is 11.1 Å². The van der Waals surface area contributed by atoms with E-state index in [-0.39, 0.29) is 10.9 Å². The van der Waals surface area contributed by atoms with Crippen LogP contribution >= 0.6 is 11.6 Å². The van der Waals surface area contributed by atoms with E-state index in [1.165, 1.54) is 18.2 Å². The minimum atomic E-state index is -0.524. The topological polar surface area (TPSA) is 50.8 Å². The largest absolute Gasteiger partial charge is 0.493 e. The third-order valence-corrected chi connectivity index (χ3v) is 4.78. The van der Waals surface area contributed by atoms with Crippen molar-refractivity contribution in [1.82, 2.24) is 4.90 Å². The van der Waals surface area contributed by atoms with Crippen LogP contribution in [0.1, 0.15) is 18.1 Å². The van der Waals surface area contributed by atoms with Crippen LogP contribution in [0.2, 0.25) is 5.02 Å². The molecule has 0 spiro atoms. The fourth-order valence-electron chi connectivity index (χ4n) is 2.62. The van der Waals surface area contributed by atoms with E-state index in [1.54, 1.807) is 21.1 Å². The summed E-state index contributed by atoms with van der Waals surface area (Å²) in [6, 6.07) is 7.49. The van der Waals surface area contributed by atoms with E-state index in [9.17, 15) is 9.18 Å². The number of carbonyl (C=O) groups is 1. The molecule has 0 aliphatic heterocycles. The van der Waals surface area contributed by atoms with Gasteiger partial charge in [0.15, 0.2) is 11.5 Å². The van der Waals surface area contributed by atoms with Gasteiger partial charge in [0, 0.05) is 12.2 Å². The molecule has 2 rings (SSSR count). The number of ether oxygens (including phenoxy) is 2. The number of halogens is 2. The van der Waals surface area contributed by atoms with Crippen molar-refractivity contribution in [3.63, 3.8) is 0 Å². The van der Waals surface area contributed by atoms with Crippen LogP contribution in [-0.2, 0) is 11.3 Å². The molecule has 0 aliphatic carbocycles. The maximum absolute atomic E-state index is 13.2. The highest BCUT2D eigenvalue weighted by Crippen LogP contribution is 2.31. The van der Waals surface area contributed by atoms with E-state index >= 15 is 0 Å². The molecule has 1 amide bonds. The minimum Gasteiger partial charge on any atom is -0.493 e. The molecule has 0 bridgehead atoms. The Labute approximate surface area is 164 Å². The Morgan fingerprint density at radius 2 is 1.85 bits per heavy atom. The molecule has 0 aliphatic rings. The number of rotatable bonds is 7. The summed E-state index contributed by atoms with van der Waals surface area (Å²) in [4.78, 5) is 14.4. The van der Waals surface area contributed by atoms with Crippen molar-refractivity contribution in [1.29, 1.82) is 0 Å². The average molecular weight is 395 g/mol. The second-order valence-corrected chi connectivity index (χ2v) is 6.75. The molecule has 0 fully saturated rings. The lowest BCUT2D eigenvalue weighted by atomic mass is 10.1. The van der Waals surface area contributed by atoms with Crippen LogP contribution in [0.15, 0.2) is 30.3 Å². The summed E-state index contributed by atoms with van der Waals surface area (Å²) in [5.74, 6) is 0.576. The Morgan fingerprint density at radius 1 is 1.22 bits per heavy atom. The van der Waals surface area contributed by atoms with Crippen LogP contribution in [-0.4, -0.2) is 38.1 Å². The van der Waals surface area contributed by atoms with Crippen LogP contribution in [0.4, 0.5) is 10.1 Å². The van der Waals surface area contributed by atoms with Gasteiger partial charge in [-0.3, -0.25) is 9.69 Å². The van der Waals surface area contributed by atoms with Crippen molar-refractivity contribution in [2.45, 2.75) is 26.4 Å². The maximum Gasteiger partial charge on any atom is 0.241 e. The Hall–Kier alpha value is -2.31. The van der Waals surface area contributed by atoms with E-state index in [1.807, 2.05) is 31.0 Å². The van der Waals surface area contributed by atoms with E-state index < -0.39 is 11.9 Å². The smallest absolute Gasteiger partial charge is 0.241 e. The Morgan fingerprint density at radius 3 is 2.44 bits per heavy atom. The van der Waals surface area contributed by atoms with Gasteiger partial charge in [0.1, 0.15) is 5.82 Å². The molecule has 7 heteroatoms. The SMILES string of the molecule is COc1cc(C)c(CN(C)[C@@H](C)C(=O)Nc2ccc(F)c(Cl)c2)cc1OC. The van der Waals surface area contributed by atoms with E-state index in [4.69, 9.17) is 21.1 Å². The molecule has 0 saturated carbocycles. The van der Waals surface area contributed by atoms with Crippen LogP contribution in [0.3, 0.4) is 0 Å². The zero-order valence-corrected chi connectivity index (χ0v) is 16.9. The molecule has 0 saturated heterocycles. The van der Waals surface area contributed by atoms with Gasteiger partial charge in [0.05, 0.1) is 25.3 Å². The quantitative estimate of drug-likeness (QED) is 0.762. The molecule has 2 aromatic rings. The van der Waals surface area contributed by atoms with Gasteiger partial charge >= 0.3 is 0 Å². The third kappa shape index (κ3) is 5.11. The highest BCUT2D eigenvalue weighted by atomic mass is 35.5. The molecular formula is C20H24ClFN2O3. The number of aryl methyl sites for hydroxylation is 1. The van der Waals surface area contributed by atoms with Crippen LogP contribution < -0.4 is 14.8 Å². The summed E-state index contributed by atoms with van der Waals surface area (Å²) in [5.41, 5.74) is 2.52. The van der Waals surface area contributed by atoms with Gasteiger partial charge in [0.2, 0.25) is 5.91 Å². The summed E-state index contributed by atoms with van der Waals surface area (Å²) >= 11 is 5.76. The first-order valence-electron chi connectivity index (χ1n) is 8.44. The highest BCUT2D eigenvalue weighted by molar-refractivity contribution is 6.31. The van der Waals surface area contributed by atoms with Gasteiger partial charge < -0.3 is 14.8 Å². The van der Waals surface area contributed by atoms with Gasteiger partial charge in [0.25, 0.3) is 0 Å². The predicted molar refractivity (Wildman–Crippen MR) is 105 cm³/mol. The van der Waals surface area contributed by atoms with E-state index in [2.05, 4.69) is 5.32 Å². The van der Waals surface area contributed by atoms with Gasteiger partial charge in [-0.1, -0.05) is 11.6 Å². The lowest BCUT2D eigenvalue weighted by Gasteiger charge is -2.25. The summed E-state index contributed by atoms with van der Waals surface area (Å²) in [5, 5.41) is 2.72. The van der Waals surface area contributed by atoms with E-state index in [0.29, 0.717) is 23.7 Å². The molecule has 0 aromatic heterocycles. The molecule has 0 unspecified atom stereocenters. The number of hydrogen-bond donors (Lipinski definition) is 1. The number of methoxy groups -OCH3 is 2. The molecule has 27 heavy (non-hydrogen) atoms. The second-order valence-electron chi connectivity index (χ2n) is 6.34. The molecule has 1 atom stereocenters. The lowest BCUT2D eigenvalue weighted by Crippen LogP contribution is -2.39. The number of anilines is 1. The fourth-order valence-corrected chi connectivity index (χ4v) is 2.80. The monoisotopic (exact) mass is 394 g/mol. The number of nitrogens with one attached hydrogen (secondary N) is 1. The van der Waals surface area contributed by atoms with Gasteiger partial charge in [-0.25, -0.2) is 4.39 Å². The number of carbonyl (C=O) groups excluding carboxylic acids is 1. The highest BCUT2D eigenvalue weighted by Gasteiger charge is 2.20. The van der Waals surface area contributed by atoms with Crippen LogP contribution in [0, 0.1) is 12.7 Å². The number of nitrogens with zero attached hydrogens (tertiary/aromatic N) is 1. The Bertz CT molecular complexity index is 829. The van der Waals surface area contributed by atoms with Crippen LogP contribution in [0.5, 0.6) is 11.5 Å². The van der Waals surface area contributed by atoms with Crippen molar-refractivity contribution >= 4 is 23.2 Å². The molecule has 5 nitrogen and oxygen atoms in total. The zero-order valence-electron chi connectivity index (χ0n) is 16.1. The van der Waals surface area contributed by atoms with Crippen LogP contribution in [0.25, 0.3) is 0 Å². The lowest BCUT2D eigenvalue weighted by molar-refractivity contribution is -0.120. The molecular weight excluding hydrogens is 371 g/mol. The first-order valence-corrected chi connectivity index (χ1v) is 8.82. The fraction of sp³-hybridized carbons (Fsp3) is 0.350. The first kappa shape index (κ1) is 21.0. The van der Waals surface area contributed by atoms with Crippen molar-refractivity contribution in [3.05, 3.63) is 52.3 Å². The molecule has 1 N–H and O–H groups in total.